The number of halogens is 1. The van der Waals surface area contributed by atoms with E-state index in [0.717, 1.165) is 5.56 Å². The van der Waals surface area contributed by atoms with Gasteiger partial charge in [-0.1, -0.05) is 17.7 Å². The number of hydrogen-bond donors (Lipinski definition) is 1. The lowest BCUT2D eigenvalue weighted by molar-refractivity contribution is 0.415. The maximum Gasteiger partial charge on any atom is 0.208 e. The van der Waals surface area contributed by atoms with Crippen LogP contribution in [0.2, 0.25) is 5.02 Å². The molecule has 0 aliphatic heterocycles. The van der Waals surface area contributed by atoms with Gasteiger partial charge in [0, 0.05) is 5.56 Å². The van der Waals surface area contributed by atoms with E-state index < -0.39 is 0 Å². The van der Waals surface area contributed by atoms with Crippen LogP contribution in [0.25, 0.3) is 11.1 Å². The summed E-state index contributed by atoms with van der Waals surface area (Å²) in [5, 5.41) is 9.44. The molecule has 0 bridgehead atoms. The Hall–Kier alpha value is -2.12. The topological polar surface area (TPSA) is 72.2 Å². The lowest BCUT2D eigenvalue weighted by atomic mass is 10.0. The summed E-state index contributed by atoms with van der Waals surface area (Å²) in [5.41, 5.74) is 7.23. The Morgan fingerprint density at radius 3 is 2.82 bits per heavy atom. The minimum Gasteiger partial charge on any atom is -0.495 e. The van der Waals surface area contributed by atoms with Crippen LogP contribution in [0.5, 0.6) is 5.75 Å². The normalized spacial score (nSPS) is 9.94. The van der Waals surface area contributed by atoms with Crippen molar-refractivity contribution in [2.24, 2.45) is 0 Å². The maximum absolute atomic E-state index is 8.97. The van der Waals surface area contributed by atoms with Gasteiger partial charge in [-0.3, -0.25) is 0 Å². The number of nitriles is 1. The number of nitrogens with two attached hydrogens (primary N) is 1. The molecule has 0 saturated carbocycles. The van der Waals surface area contributed by atoms with Gasteiger partial charge in [0.15, 0.2) is 0 Å². The number of anilines is 1. The Labute approximate surface area is 103 Å². The largest absolute Gasteiger partial charge is 0.495 e. The van der Waals surface area contributed by atoms with Crippen LogP contribution in [0.15, 0.2) is 28.9 Å². The average molecular weight is 249 g/mol. The third-order valence-electron chi connectivity index (χ3n) is 2.39. The predicted molar refractivity (Wildman–Crippen MR) is 64.8 cm³/mol. The second-order valence-corrected chi connectivity index (χ2v) is 3.76. The highest BCUT2D eigenvalue weighted by Crippen LogP contribution is 2.34. The zero-order valence-electron chi connectivity index (χ0n) is 9.03. The first-order valence-corrected chi connectivity index (χ1v) is 5.16. The van der Waals surface area contributed by atoms with Crippen molar-refractivity contribution in [1.29, 1.82) is 5.26 Å². The van der Waals surface area contributed by atoms with Crippen molar-refractivity contribution in [2.45, 2.75) is 0 Å². The summed E-state index contributed by atoms with van der Waals surface area (Å²) in [6, 6.07) is 7.21. The highest BCUT2D eigenvalue weighted by molar-refractivity contribution is 6.32. The molecule has 17 heavy (non-hydrogen) atoms. The molecular weight excluding hydrogens is 240 g/mol. The molecule has 1 aromatic heterocycles. The summed E-state index contributed by atoms with van der Waals surface area (Å²) in [6.07, 6.45) is 1.44. The average Bonchev–Trinajstić information content (AvgIpc) is 2.70. The van der Waals surface area contributed by atoms with Crippen molar-refractivity contribution >= 4 is 17.5 Å². The number of rotatable bonds is 2. The summed E-state index contributed by atoms with van der Waals surface area (Å²) < 4.78 is 10.1. The number of ether oxygens (including phenoxy) is 1. The fraction of sp³-hybridized carbons (Fsp3) is 0.0833. The molecule has 5 heteroatoms. The molecule has 0 aliphatic rings. The molecule has 86 valence electrons. The third kappa shape index (κ3) is 1.93. The predicted octanol–water partition coefficient (Wildman–Crippen LogP) is 3.06. The van der Waals surface area contributed by atoms with E-state index in [0.29, 0.717) is 21.9 Å². The van der Waals surface area contributed by atoms with E-state index in [9.17, 15) is 0 Å². The molecule has 2 N–H and O–H groups in total. The molecule has 2 aromatic rings. The van der Waals surface area contributed by atoms with Gasteiger partial charge in [-0.05, 0) is 17.7 Å². The van der Waals surface area contributed by atoms with Crippen molar-refractivity contribution in [3.63, 3.8) is 0 Å². The molecule has 0 radical (unpaired) electrons. The Kier molecular flexibility index (Phi) is 2.94. The minimum atomic E-state index is 0.106. The van der Waals surface area contributed by atoms with Crippen LogP contribution in [0.3, 0.4) is 0 Å². The van der Waals surface area contributed by atoms with Gasteiger partial charge < -0.3 is 14.9 Å². The van der Waals surface area contributed by atoms with Crippen LogP contribution in [0.4, 0.5) is 5.88 Å². The molecule has 0 atom stereocenters. The van der Waals surface area contributed by atoms with E-state index in [-0.39, 0.29) is 5.88 Å². The molecule has 4 nitrogen and oxygen atoms in total. The SMILES string of the molecule is COc1ccc(-c2coc(N)c2C#N)cc1Cl. The van der Waals surface area contributed by atoms with Gasteiger partial charge in [-0.2, -0.15) is 5.26 Å². The fourth-order valence-electron chi connectivity index (χ4n) is 1.53. The smallest absolute Gasteiger partial charge is 0.208 e. The van der Waals surface area contributed by atoms with Crippen molar-refractivity contribution in [3.8, 4) is 22.9 Å². The molecule has 0 amide bonds. The van der Waals surface area contributed by atoms with E-state index in [4.69, 9.17) is 31.8 Å². The van der Waals surface area contributed by atoms with Crippen molar-refractivity contribution in [1.82, 2.24) is 0 Å². The minimum absolute atomic E-state index is 0.106. The fourth-order valence-corrected chi connectivity index (χ4v) is 1.79. The summed E-state index contributed by atoms with van der Waals surface area (Å²) in [4.78, 5) is 0. The lowest BCUT2D eigenvalue weighted by Crippen LogP contribution is -1.87. The number of nitrogen functional groups attached to an aromatic ring is 1. The quantitative estimate of drug-likeness (QED) is 0.887. The van der Waals surface area contributed by atoms with E-state index in [2.05, 4.69) is 0 Å². The number of methoxy groups -OCH3 is 1. The van der Waals surface area contributed by atoms with Crippen LogP contribution in [0.1, 0.15) is 5.56 Å². The van der Waals surface area contributed by atoms with Gasteiger partial charge in [0.25, 0.3) is 0 Å². The first-order chi connectivity index (χ1) is 8.17. The summed E-state index contributed by atoms with van der Waals surface area (Å²) in [5.74, 6) is 0.680. The summed E-state index contributed by atoms with van der Waals surface area (Å²) in [6.45, 7) is 0. The van der Waals surface area contributed by atoms with Crippen molar-refractivity contribution < 1.29 is 9.15 Å². The van der Waals surface area contributed by atoms with Gasteiger partial charge in [-0.15, -0.1) is 0 Å². The Bertz CT molecular complexity index is 599. The molecule has 0 saturated heterocycles. The molecule has 0 unspecified atom stereocenters. The van der Waals surface area contributed by atoms with Crippen LogP contribution < -0.4 is 10.5 Å². The van der Waals surface area contributed by atoms with Gasteiger partial charge in [0.1, 0.15) is 23.6 Å². The van der Waals surface area contributed by atoms with Gasteiger partial charge >= 0.3 is 0 Å². The van der Waals surface area contributed by atoms with Gasteiger partial charge in [-0.25, -0.2) is 0 Å². The second kappa shape index (κ2) is 4.40. The van der Waals surface area contributed by atoms with Gasteiger partial charge in [0.2, 0.25) is 5.88 Å². The number of nitrogens with zero attached hydrogens (tertiary/aromatic N) is 1. The Morgan fingerprint density at radius 1 is 1.47 bits per heavy atom. The van der Waals surface area contributed by atoms with Gasteiger partial charge in [0.05, 0.1) is 12.1 Å². The standard InChI is InChI=1S/C12H9ClN2O2/c1-16-11-3-2-7(4-10(11)13)9-6-17-12(15)8(9)5-14/h2-4,6H,15H2,1H3. The molecule has 0 fully saturated rings. The first kappa shape index (κ1) is 11.4. The van der Waals surface area contributed by atoms with E-state index in [1.165, 1.54) is 13.4 Å². The molecule has 0 spiro atoms. The molecule has 1 aromatic carbocycles. The van der Waals surface area contributed by atoms with Crippen LogP contribution in [-0.2, 0) is 0 Å². The lowest BCUT2D eigenvalue weighted by Gasteiger charge is -2.04. The molecule has 2 rings (SSSR count). The first-order valence-electron chi connectivity index (χ1n) is 4.78. The number of furan rings is 1. The number of benzene rings is 1. The van der Waals surface area contributed by atoms with E-state index in [1.54, 1.807) is 18.2 Å². The Balaban J connectivity index is 2.54. The van der Waals surface area contributed by atoms with E-state index in [1.807, 2.05) is 6.07 Å². The molecular formula is C12H9ClN2O2. The second-order valence-electron chi connectivity index (χ2n) is 3.35. The van der Waals surface area contributed by atoms with E-state index >= 15 is 0 Å². The monoisotopic (exact) mass is 248 g/mol. The highest BCUT2D eigenvalue weighted by Gasteiger charge is 2.13. The molecule has 1 heterocycles. The van der Waals surface area contributed by atoms with Crippen molar-refractivity contribution in [3.05, 3.63) is 35.0 Å². The Morgan fingerprint density at radius 2 is 2.24 bits per heavy atom. The summed E-state index contributed by atoms with van der Waals surface area (Å²) in [7, 11) is 1.54. The zero-order chi connectivity index (χ0) is 12.4. The van der Waals surface area contributed by atoms with Crippen LogP contribution >= 0.6 is 11.6 Å². The highest BCUT2D eigenvalue weighted by atomic mass is 35.5. The third-order valence-corrected chi connectivity index (χ3v) is 2.69. The maximum atomic E-state index is 8.97. The molecule has 0 aliphatic carbocycles. The number of hydrogen-bond acceptors (Lipinski definition) is 4. The summed E-state index contributed by atoms with van der Waals surface area (Å²) >= 11 is 6.01. The van der Waals surface area contributed by atoms with Crippen LogP contribution in [0, 0.1) is 11.3 Å². The zero-order valence-corrected chi connectivity index (χ0v) is 9.78. The van der Waals surface area contributed by atoms with Crippen LogP contribution in [-0.4, -0.2) is 7.11 Å². The van der Waals surface area contributed by atoms with Crippen molar-refractivity contribution in [2.75, 3.05) is 12.8 Å².